The molecule has 0 aliphatic rings. The highest BCUT2D eigenvalue weighted by atomic mass is 32.1. The van der Waals surface area contributed by atoms with Crippen molar-refractivity contribution in [3.05, 3.63) is 36.0 Å². The van der Waals surface area contributed by atoms with Gasteiger partial charge < -0.3 is 10.4 Å². The van der Waals surface area contributed by atoms with Crippen molar-refractivity contribution in [2.24, 2.45) is 0 Å². The van der Waals surface area contributed by atoms with E-state index >= 15 is 0 Å². The number of aliphatic carboxylic acids is 1. The minimum Gasteiger partial charge on any atom is -0.481 e. The zero-order chi connectivity index (χ0) is 15.5. The Hall–Kier alpha value is -2.48. The van der Waals surface area contributed by atoms with Gasteiger partial charge in [0.2, 0.25) is 0 Å². The van der Waals surface area contributed by atoms with Crippen LogP contribution in [0, 0.1) is 0 Å². The van der Waals surface area contributed by atoms with Gasteiger partial charge in [-0.15, -0.1) is 5.10 Å². The molecule has 0 spiro atoms. The van der Waals surface area contributed by atoms with Crippen LogP contribution in [0.5, 0.6) is 0 Å². The third-order valence-corrected chi connectivity index (χ3v) is 3.58. The van der Waals surface area contributed by atoms with E-state index in [4.69, 9.17) is 5.11 Å². The molecule has 21 heavy (non-hydrogen) atoms. The Morgan fingerprint density at radius 3 is 2.38 bits per heavy atom. The largest absolute Gasteiger partial charge is 0.481 e. The first-order valence-electron chi connectivity index (χ1n) is 6.09. The van der Waals surface area contributed by atoms with Crippen LogP contribution in [0.15, 0.2) is 30.5 Å². The van der Waals surface area contributed by atoms with Gasteiger partial charge in [-0.3, -0.25) is 10.1 Å². The van der Waals surface area contributed by atoms with Crippen LogP contribution in [0.3, 0.4) is 0 Å². The van der Waals surface area contributed by atoms with Crippen LogP contribution in [-0.2, 0) is 10.2 Å². The number of hydrogen-bond acceptors (Lipinski definition) is 5. The van der Waals surface area contributed by atoms with E-state index < -0.39 is 17.4 Å². The molecular formula is C13H14N4O3S. The lowest BCUT2D eigenvalue weighted by Crippen LogP contribution is -2.28. The summed E-state index contributed by atoms with van der Waals surface area (Å²) < 4.78 is 3.63. The van der Waals surface area contributed by atoms with Gasteiger partial charge in [-0.1, -0.05) is 16.6 Å². The standard InChI is InChI=1S/C13H14N4O3S/c1-13(2,11(18)19)8-3-5-9(6-4-8)15-12(20)16-10-7-14-17-21-10/h3-7H,1-2H3,(H,18,19)(H2,15,16,20). The number of carbonyl (C=O) groups is 2. The number of aromatic nitrogens is 2. The third-order valence-electron chi connectivity index (χ3n) is 3.00. The Bertz CT molecular complexity index is 638. The van der Waals surface area contributed by atoms with E-state index in [-0.39, 0.29) is 0 Å². The molecular weight excluding hydrogens is 292 g/mol. The van der Waals surface area contributed by atoms with E-state index in [0.717, 1.165) is 11.5 Å². The van der Waals surface area contributed by atoms with Gasteiger partial charge in [-0.2, -0.15) is 0 Å². The summed E-state index contributed by atoms with van der Waals surface area (Å²) in [4.78, 5) is 22.9. The van der Waals surface area contributed by atoms with Crippen molar-refractivity contribution in [3.8, 4) is 0 Å². The maximum Gasteiger partial charge on any atom is 0.324 e. The molecule has 0 atom stereocenters. The van der Waals surface area contributed by atoms with Gasteiger partial charge in [0, 0.05) is 17.2 Å². The summed E-state index contributed by atoms with van der Waals surface area (Å²) >= 11 is 1.07. The molecule has 2 amide bonds. The van der Waals surface area contributed by atoms with Crippen LogP contribution < -0.4 is 10.6 Å². The molecule has 0 unspecified atom stereocenters. The highest BCUT2D eigenvalue weighted by molar-refractivity contribution is 7.10. The van der Waals surface area contributed by atoms with Crippen LogP contribution in [0.25, 0.3) is 0 Å². The zero-order valence-corrected chi connectivity index (χ0v) is 12.3. The maximum atomic E-state index is 11.7. The molecule has 1 heterocycles. The summed E-state index contributed by atoms with van der Waals surface area (Å²) in [7, 11) is 0. The molecule has 0 radical (unpaired) electrons. The number of amides is 2. The molecule has 7 nitrogen and oxygen atoms in total. The summed E-state index contributed by atoms with van der Waals surface area (Å²) in [6, 6.07) is 6.26. The van der Waals surface area contributed by atoms with Gasteiger partial charge in [0.1, 0.15) is 5.00 Å². The number of carboxylic acid groups (broad SMARTS) is 1. The average Bonchev–Trinajstić information content (AvgIpc) is 2.91. The first-order valence-corrected chi connectivity index (χ1v) is 6.86. The number of benzene rings is 1. The number of nitrogens with one attached hydrogen (secondary N) is 2. The molecule has 0 aliphatic heterocycles. The lowest BCUT2D eigenvalue weighted by atomic mass is 9.85. The molecule has 1 aromatic carbocycles. The van der Waals surface area contributed by atoms with Gasteiger partial charge in [-0.05, 0) is 31.5 Å². The number of carbonyl (C=O) groups excluding carboxylic acids is 1. The van der Waals surface area contributed by atoms with E-state index in [2.05, 4.69) is 20.2 Å². The topological polar surface area (TPSA) is 104 Å². The summed E-state index contributed by atoms with van der Waals surface area (Å²) in [5, 5.41) is 18.5. The van der Waals surface area contributed by atoms with E-state index in [1.54, 1.807) is 38.1 Å². The Morgan fingerprint density at radius 2 is 1.86 bits per heavy atom. The van der Waals surface area contributed by atoms with Crippen molar-refractivity contribution in [2.45, 2.75) is 19.3 Å². The molecule has 0 bridgehead atoms. The number of rotatable bonds is 4. The fourth-order valence-electron chi connectivity index (χ4n) is 1.59. The second-order valence-corrected chi connectivity index (χ2v) is 5.65. The Morgan fingerprint density at radius 1 is 1.19 bits per heavy atom. The molecule has 8 heteroatoms. The highest BCUT2D eigenvalue weighted by Crippen LogP contribution is 2.24. The first kappa shape index (κ1) is 14.9. The normalized spacial score (nSPS) is 11.0. The van der Waals surface area contributed by atoms with Crippen molar-refractivity contribution in [3.63, 3.8) is 0 Å². The molecule has 110 valence electrons. The summed E-state index contributed by atoms with van der Waals surface area (Å²) in [5.41, 5.74) is 0.247. The Balaban J connectivity index is 2.02. The fourth-order valence-corrected chi connectivity index (χ4v) is 2.01. The summed E-state index contributed by atoms with van der Waals surface area (Å²) in [5.74, 6) is -0.904. The van der Waals surface area contributed by atoms with Crippen LogP contribution in [0.4, 0.5) is 15.5 Å². The Kier molecular flexibility index (Phi) is 4.18. The molecule has 0 aliphatic carbocycles. The fraction of sp³-hybridized carbons (Fsp3) is 0.231. The smallest absolute Gasteiger partial charge is 0.324 e. The number of carboxylic acids is 1. The van der Waals surface area contributed by atoms with Crippen LogP contribution in [0.1, 0.15) is 19.4 Å². The minimum absolute atomic E-state index is 0.411. The molecule has 2 aromatic rings. The molecule has 1 aromatic heterocycles. The zero-order valence-electron chi connectivity index (χ0n) is 11.5. The molecule has 2 rings (SSSR count). The van der Waals surface area contributed by atoms with Crippen molar-refractivity contribution in [1.82, 2.24) is 9.59 Å². The quantitative estimate of drug-likeness (QED) is 0.805. The number of hydrogen-bond donors (Lipinski definition) is 3. The van der Waals surface area contributed by atoms with Crippen LogP contribution in [-0.4, -0.2) is 26.7 Å². The SMILES string of the molecule is CC(C)(C(=O)O)c1ccc(NC(=O)Nc2cnns2)cc1. The lowest BCUT2D eigenvalue weighted by molar-refractivity contribution is -0.142. The monoisotopic (exact) mass is 306 g/mol. The average molecular weight is 306 g/mol. The number of nitrogens with zero attached hydrogens (tertiary/aromatic N) is 2. The van der Waals surface area contributed by atoms with E-state index in [1.165, 1.54) is 6.20 Å². The number of anilines is 2. The molecule has 3 N–H and O–H groups in total. The minimum atomic E-state index is -0.977. The second kappa shape index (κ2) is 5.88. The predicted molar refractivity (Wildman–Crippen MR) is 79.7 cm³/mol. The molecule has 0 saturated carbocycles. The van der Waals surface area contributed by atoms with E-state index in [0.29, 0.717) is 16.3 Å². The van der Waals surface area contributed by atoms with Gasteiger partial charge in [0.05, 0.1) is 11.6 Å². The predicted octanol–water partition coefficient (Wildman–Crippen LogP) is 2.54. The lowest BCUT2D eigenvalue weighted by Gasteiger charge is -2.19. The third kappa shape index (κ3) is 3.54. The van der Waals surface area contributed by atoms with Gasteiger partial charge >= 0.3 is 12.0 Å². The van der Waals surface area contributed by atoms with Crippen molar-refractivity contribution < 1.29 is 14.7 Å². The maximum absolute atomic E-state index is 11.7. The molecule has 0 fully saturated rings. The Labute approximate surface area is 125 Å². The van der Waals surface area contributed by atoms with E-state index in [1.807, 2.05) is 0 Å². The second-order valence-electron chi connectivity index (χ2n) is 4.87. The van der Waals surface area contributed by atoms with Crippen molar-refractivity contribution >= 4 is 34.2 Å². The van der Waals surface area contributed by atoms with Crippen LogP contribution in [0.2, 0.25) is 0 Å². The van der Waals surface area contributed by atoms with Crippen molar-refractivity contribution in [2.75, 3.05) is 10.6 Å². The number of urea groups is 1. The molecule has 0 saturated heterocycles. The van der Waals surface area contributed by atoms with Crippen molar-refractivity contribution in [1.29, 1.82) is 0 Å². The summed E-state index contributed by atoms with van der Waals surface area (Å²) in [6.07, 6.45) is 1.45. The highest BCUT2D eigenvalue weighted by Gasteiger charge is 2.29. The van der Waals surface area contributed by atoms with Gasteiger partial charge in [-0.25, -0.2) is 4.79 Å². The van der Waals surface area contributed by atoms with Crippen LogP contribution >= 0.6 is 11.5 Å². The summed E-state index contributed by atoms with van der Waals surface area (Å²) in [6.45, 7) is 3.25. The van der Waals surface area contributed by atoms with Gasteiger partial charge in [0.15, 0.2) is 0 Å². The first-order chi connectivity index (χ1) is 9.89. The van der Waals surface area contributed by atoms with Gasteiger partial charge in [0.25, 0.3) is 0 Å². The van der Waals surface area contributed by atoms with E-state index in [9.17, 15) is 9.59 Å².